The highest BCUT2D eigenvalue weighted by molar-refractivity contribution is 5.86. The average molecular weight is 353 g/mol. The first-order chi connectivity index (χ1) is 12.7. The van der Waals surface area contributed by atoms with Crippen LogP contribution in [-0.4, -0.2) is 39.3 Å². The largest absolute Gasteiger partial charge is 0.395 e. The molecule has 0 unspecified atom stereocenters. The number of pyridine rings is 1. The van der Waals surface area contributed by atoms with Crippen molar-refractivity contribution in [2.75, 3.05) is 19.7 Å². The van der Waals surface area contributed by atoms with Gasteiger partial charge in [-0.2, -0.15) is 0 Å². The van der Waals surface area contributed by atoms with Crippen molar-refractivity contribution in [2.24, 2.45) is 0 Å². The van der Waals surface area contributed by atoms with E-state index in [1.54, 1.807) is 12.3 Å². The second-order valence-electron chi connectivity index (χ2n) is 7.11. The highest BCUT2D eigenvalue weighted by atomic mass is 19.1. The summed E-state index contributed by atoms with van der Waals surface area (Å²) in [4.78, 5) is 6.27. The fourth-order valence-electron chi connectivity index (χ4n) is 4.04. The van der Waals surface area contributed by atoms with Crippen LogP contribution in [0.2, 0.25) is 0 Å². The van der Waals surface area contributed by atoms with E-state index < -0.39 is 0 Å². The Morgan fingerprint density at radius 1 is 1.19 bits per heavy atom. The molecule has 1 N–H and O–H groups in total. The zero-order chi connectivity index (χ0) is 18.1. The van der Waals surface area contributed by atoms with Crippen molar-refractivity contribution >= 4 is 10.9 Å². The Morgan fingerprint density at radius 2 is 2.08 bits per heavy atom. The van der Waals surface area contributed by atoms with Gasteiger partial charge in [-0.1, -0.05) is 11.6 Å². The van der Waals surface area contributed by atoms with Gasteiger partial charge < -0.3 is 9.67 Å². The Hall–Kier alpha value is -2.24. The lowest BCUT2D eigenvalue weighted by molar-refractivity contribution is 0.183. The van der Waals surface area contributed by atoms with Crippen LogP contribution in [0.4, 0.5) is 4.39 Å². The third-order valence-electron chi connectivity index (χ3n) is 5.29. The summed E-state index contributed by atoms with van der Waals surface area (Å²) in [5.74, 6) is -0.280. The number of hydrogen-bond acceptors (Lipinski definition) is 3. The smallest absolute Gasteiger partial charge is 0.141 e. The van der Waals surface area contributed by atoms with E-state index in [2.05, 4.69) is 39.6 Å². The maximum absolute atomic E-state index is 13.4. The van der Waals surface area contributed by atoms with Gasteiger partial charge >= 0.3 is 0 Å². The first kappa shape index (κ1) is 17.2. The van der Waals surface area contributed by atoms with E-state index in [1.807, 2.05) is 0 Å². The summed E-state index contributed by atoms with van der Waals surface area (Å²) < 4.78 is 15.8. The second kappa shape index (κ2) is 7.17. The summed E-state index contributed by atoms with van der Waals surface area (Å²) in [6.07, 6.45) is 4.73. The number of β-amino-alcohol motifs (C(OH)–C–C–N with tert-alkyl or cyclic N) is 1. The SMILES string of the molecule is Cc1ccc2c(c1)c1c(n2CCc2cncc(F)c2)CCN(CCO)C1. The van der Waals surface area contributed by atoms with Crippen LogP contribution in [0.25, 0.3) is 10.9 Å². The number of halogens is 1. The molecule has 3 heterocycles. The van der Waals surface area contributed by atoms with Crippen molar-refractivity contribution in [3.63, 3.8) is 0 Å². The van der Waals surface area contributed by atoms with Crippen molar-refractivity contribution in [2.45, 2.75) is 32.9 Å². The molecule has 26 heavy (non-hydrogen) atoms. The number of nitrogens with zero attached hydrogens (tertiary/aromatic N) is 3. The van der Waals surface area contributed by atoms with E-state index in [9.17, 15) is 9.50 Å². The predicted molar refractivity (Wildman–Crippen MR) is 101 cm³/mol. The molecule has 4 rings (SSSR count). The predicted octanol–water partition coefficient (Wildman–Crippen LogP) is 3.08. The second-order valence-corrected chi connectivity index (χ2v) is 7.11. The van der Waals surface area contributed by atoms with Gasteiger partial charge in [0.2, 0.25) is 0 Å². The van der Waals surface area contributed by atoms with Gasteiger partial charge in [0.15, 0.2) is 0 Å². The van der Waals surface area contributed by atoms with Gasteiger partial charge in [0.25, 0.3) is 0 Å². The van der Waals surface area contributed by atoms with Gasteiger partial charge in [-0.05, 0) is 42.7 Å². The molecule has 0 amide bonds. The number of benzene rings is 1. The molecule has 4 nitrogen and oxygen atoms in total. The molecule has 0 bridgehead atoms. The molecule has 0 radical (unpaired) electrons. The minimum absolute atomic E-state index is 0.194. The van der Waals surface area contributed by atoms with Gasteiger partial charge in [-0.15, -0.1) is 0 Å². The summed E-state index contributed by atoms with van der Waals surface area (Å²) in [5, 5.41) is 10.6. The topological polar surface area (TPSA) is 41.3 Å². The number of aliphatic hydroxyl groups excluding tert-OH is 1. The van der Waals surface area contributed by atoms with Gasteiger partial charge in [0, 0.05) is 55.4 Å². The molecule has 1 aliphatic rings. The van der Waals surface area contributed by atoms with E-state index in [1.165, 1.54) is 33.9 Å². The van der Waals surface area contributed by atoms with Crippen LogP contribution in [0, 0.1) is 12.7 Å². The maximum atomic E-state index is 13.4. The molecule has 0 fully saturated rings. The zero-order valence-electron chi connectivity index (χ0n) is 15.1. The number of fused-ring (bicyclic) bond motifs is 3. The lowest BCUT2D eigenvalue weighted by atomic mass is 10.0. The van der Waals surface area contributed by atoms with Crippen LogP contribution in [0.1, 0.15) is 22.4 Å². The minimum Gasteiger partial charge on any atom is -0.395 e. The molecule has 1 aliphatic heterocycles. The lowest BCUT2D eigenvalue weighted by Crippen LogP contribution is -2.33. The van der Waals surface area contributed by atoms with Gasteiger partial charge in [0.05, 0.1) is 12.8 Å². The summed E-state index contributed by atoms with van der Waals surface area (Å²) >= 11 is 0. The molecule has 5 heteroatoms. The number of aliphatic hydroxyl groups is 1. The van der Waals surface area contributed by atoms with Gasteiger partial charge in [-0.25, -0.2) is 4.39 Å². The first-order valence-electron chi connectivity index (χ1n) is 9.19. The fraction of sp³-hybridized carbons (Fsp3) is 0.381. The number of rotatable bonds is 5. The summed E-state index contributed by atoms with van der Waals surface area (Å²) in [5.41, 5.74) is 6.18. The molecule has 0 spiro atoms. The Kier molecular flexibility index (Phi) is 4.74. The standard InChI is InChI=1S/C21H24FN3O/c1-15-2-3-20-18(10-15)19-14-24(8-9-26)6-5-21(19)25(20)7-4-16-11-17(22)13-23-12-16/h2-3,10-13,26H,4-9,14H2,1H3. The monoisotopic (exact) mass is 353 g/mol. The summed E-state index contributed by atoms with van der Waals surface area (Å²) in [6.45, 7) is 5.69. The molecule has 1 aromatic carbocycles. The van der Waals surface area contributed by atoms with Crippen molar-refractivity contribution in [1.29, 1.82) is 0 Å². The molecule has 136 valence electrons. The summed E-state index contributed by atoms with van der Waals surface area (Å²) in [7, 11) is 0. The van der Waals surface area contributed by atoms with Crippen LogP contribution < -0.4 is 0 Å². The van der Waals surface area contributed by atoms with Crippen LogP contribution in [-0.2, 0) is 25.9 Å². The Labute approximate surface area is 152 Å². The Bertz CT molecular complexity index is 934. The van der Waals surface area contributed by atoms with E-state index in [0.29, 0.717) is 6.54 Å². The van der Waals surface area contributed by atoms with Crippen LogP contribution in [0.3, 0.4) is 0 Å². The van der Waals surface area contributed by atoms with Gasteiger partial charge in [0.1, 0.15) is 5.82 Å². The van der Waals surface area contributed by atoms with Crippen LogP contribution in [0.5, 0.6) is 0 Å². The van der Waals surface area contributed by atoms with E-state index >= 15 is 0 Å². The number of aromatic nitrogens is 2. The fourth-order valence-corrected chi connectivity index (χ4v) is 4.04. The number of aryl methyl sites for hydroxylation is 3. The van der Waals surface area contributed by atoms with E-state index in [4.69, 9.17) is 0 Å². The van der Waals surface area contributed by atoms with Crippen LogP contribution >= 0.6 is 0 Å². The van der Waals surface area contributed by atoms with E-state index in [-0.39, 0.29) is 12.4 Å². The summed E-state index contributed by atoms with van der Waals surface area (Å²) in [6, 6.07) is 8.18. The Balaban J connectivity index is 1.70. The highest BCUT2D eigenvalue weighted by Crippen LogP contribution is 2.32. The van der Waals surface area contributed by atoms with Crippen molar-refractivity contribution in [1.82, 2.24) is 14.5 Å². The molecule has 0 saturated heterocycles. The lowest BCUT2D eigenvalue weighted by Gasteiger charge is -2.27. The minimum atomic E-state index is -0.280. The molecule has 0 atom stereocenters. The Morgan fingerprint density at radius 3 is 2.88 bits per heavy atom. The third-order valence-corrected chi connectivity index (χ3v) is 5.29. The van der Waals surface area contributed by atoms with E-state index in [0.717, 1.165) is 38.0 Å². The zero-order valence-corrected chi connectivity index (χ0v) is 15.1. The molecular formula is C21H24FN3O. The maximum Gasteiger partial charge on any atom is 0.141 e. The highest BCUT2D eigenvalue weighted by Gasteiger charge is 2.23. The average Bonchev–Trinajstić information content (AvgIpc) is 2.93. The number of hydrogen-bond donors (Lipinski definition) is 1. The normalized spacial score (nSPS) is 14.7. The van der Waals surface area contributed by atoms with Crippen molar-refractivity contribution in [3.8, 4) is 0 Å². The molecule has 3 aromatic rings. The third kappa shape index (κ3) is 3.24. The first-order valence-corrected chi connectivity index (χ1v) is 9.19. The van der Waals surface area contributed by atoms with Crippen molar-refractivity contribution < 1.29 is 9.50 Å². The van der Waals surface area contributed by atoms with Gasteiger partial charge in [-0.3, -0.25) is 9.88 Å². The molecule has 2 aromatic heterocycles. The van der Waals surface area contributed by atoms with Crippen LogP contribution in [0.15, 0.2) is 36.7 Å². The molecular weight excluding hydrogens is 329 g/mol. The molecule has 0 aliphatic carbocycles. The van der Waals surface area contributed by atoms with Crippen molar-refractivity contribution in [3.05, 3.63) is 64.9 Å². The quantitative estimate of drug-likeness (QED) is 0.766. The molecule has 0 saturated carbocycles.